The summed E-state index contributed by atoms with van der Waals surface area (Å²) < 4.78 is 28.5. The molecule has 0 radical (unpaired) electrons. The molecule has 2 aromatic heterocycles. The molecule has 206 valence electrons. The third-order valence-electron chi connectivity index (χ3n) is 6.34. The van der Waals surface area contributed by atoms with Crippen molar-refractivity contribution in [1.29, 1.82) is 0 Å². The number of carbonyl (C=O) groups excluding carboxylic acids is 2. The van der Waals surface area contributed by atoms with Crippen molar-refractivity contribution in [1.82, 2.24) is 4.98 Å². The lowest BCUT2D eigenvalue weighted by molar-refractivity contribution is 0.0554. The zero-order valence-electron chi connectivity index (χ0n) is 21.9. The minimum atomic E-state index is -0.988. The molecular weight excluding hydrogens is 604 g/mol. The molecule has 1 aliphatic heterocycles. The number of carbonyl (C=O) groups is 2. The number of hydrogen-bond donors (Lipinski definition) is 0. The Morgan fingerprint density at radius 3 is 2.48 bits per heavy atom. The Morgan fingerprint density at radius 1 is 1.15 bits per heavy atom. The Hall–Kier alpha value is -4.16. The molecule has 1 amide bonds. The maximum atomic E-state index is 14.0. The van der Waals surface area contributed by atoms with Crippen LogP contribution in [0.3, 0.4) is 0 Å². The maximum absolute atomic E-state index is 14.0. The zero-order chi connectivity index (χ0) is 28.7. The highest BCUT2D eigenvalue weighted by Crippen LogP contribution is 2.47. The SMILES string of the molecule is C=CCOC(=O)c1sc(N2C(=O)c3oc4ccc(Br)cc4c(=O)c3C2c2cc(OC)c(OC)c(OC)c2)nc1C. The Bertz CT molecular complexity index is 1720. The normalized spacial score (nSPS) is 14.3. The van der Waals surface area contributed by atoms with Crippen molar-refractivity contribution in [3.8, 4) is 17.2 Å². The van der Waals surface area contributed by atoms with Crippen molar-refractivity contribution in [2.45, 2.75) is 13.0 Å². The second kappa shape index (κ2) is 10.8. The van der Waals surface area contributed by atoms with Crippen LogP contribution >= 0.6 is 27.3 Å². The number of hydrogen-bond acceptors (Lipinski definition) is 10. The first-order valence-electron chi connectivity index (χ1n) is 11.9. The molecule has 3 heterocycles. The highest BCUT2D eigenvalue weighted by atomic mass is 79.9. The van der Waals surface area contributed by atoms with Gasteiger partial charge in [0.25, 0.3) is 5.91 Å². The first-order valence-corrected chi connectivity index (χ1v) is 13.5. The fourth-order valence-corrected chi connectivity index (χ4v) is 5.94. The summed E-state index contributed by atoms with van der Waals surface area (Å²) in [7, 11) is 4.42. The van der Waals surface area contributed by atoms with Crippen LogP contribution in [0.2, 0.25) is 0 Å². The topological polar surface area (TPSA) is 117 Å². The van der Waals surface area contributed by atoms with Crippen molar-refractivity contribution >= 4 is 55.2 Å². The van der Waals surface area contributed by atoms with Gasteiger partial charge >= 0.3 is 5.97 Å². The number of amides is 1. The summed E-state index contributed by atoms with van der Waals surface area (Å²) in [5.74, 6) is -0.307. The van der Waals surface area contributed by atoms with E-state index in [-0.39, 0.29) is 39.0 Å². The second-order valence-corrected chi connectivity index (χ2v) is 10.5. The first-order chi connectivity index (χ1) is 19.2. The van der Waals surface area contributed by atoms with E-state index in [1.54, 1.807) is 37.3 Å². The smallest absolute Gasteiger partial charge is 0.350 e. The summed E-state index contributed by atoms with van der Waals surface area (Å²) >= 11 is 4.38. The second-order valence-electron chi connectivity index (χ2n) is 8.65. The third kappa shape index (κ3) is 4.42. The molecule has 5 rings (SSSR count). The number of aryl methyl sites for hydroxylation is 1. The third-order valence-corrected chi connectivity index (χ3v) is 7.97. The van der Waals surface area contributed by atoms with Crippen LogP contribution in [0.5, 0.6) is 17.2 Å². The van der Waals surface area contributed by atoms with Crippen LogP contribution in [-0.4, -0.2) is 44.8 Å². The van der Waals surface area contributed by atoms with E-state index in [9.17, 15) is 14.4 Å². The highest BCUT2D eigenvalue weighted by Gasteiger charge is 2.46. The largest absolute Gasteiger partial charge is 0.493 e. The maximum Gasteiger partial charge on any atom is 0.350 e. The number of ether oxygens (including phenoxy) is 4. The van der Waals surface area contributed by atoms with Gasteiger partial charge in [-0.1, -0.05) is 39.9 Å². The van der Waals surface area contributed by atoms with Crippen LogP contribution in [-0.2, 0) is 4.74 Å². The Labute approximate surface area is 240 Å². The predicted octanol–water partition coefficient (Wildman–Crippen LogP) is 5.44. The fraction of sp³-hybridized carbons (Fsp3) is 0.214. The van der Waals surface area contributed by atoms with Gasteiger partial charge in [0.15, 0.2) is 22.1 Å². The van der Waals surface area contributed by atoms with Crippen molar-refractivity contribution in [2.75, 3.05) is 32.8 Å². The molecule has 0 saturated carbocycles. The van der Waals surface area contributed by atoms with Crippen LogP contribution in [0, 0.1) is 6.92 Å². The number of methoxy groups -OCH3 is 3. The Morgan fingerprint density at radius 2 is 1.85 bits per heavy atom. The van der Waals surface area contributed by atoms with Gasteiger partial charge < -0.3 is 23.4 Å². The van der Waals surface area contributed by atoms with Crippen LogP contribution < -0.4 is 24.5 Å². The fourth-order valence-electron chi connectivity index (χ4n) is 4.59. The van der Waals surface area contributed by atoms with Crippen molar-refractivity contribution in [2.24, 2.45) is 0 Å². The number of rotatable bonds is 8. The van der Waals surface area contributed by atoms with E-state index >= 15 is 0 Å². The number of benzene rings is 2. The molecule has 0 aliphatic carbocycles. The molecule has 0 saturated heterocycles. The van der Waals surface area contributed by atoms with E-state index in [2.05, 4.69) is 27.5 Å². The number of nitrogens with zero attached hydrogens (tertiary/aromatic N) is 2. The van der Waals surface area contributed by atoms with E-state index in [1.165, 1.54) is 32.3 Å². The first kappa shape index (κ1) is 27.4. The molecule has 0 spiro atoms. The molecular formula is C28H23BrN2O8S. The lowest BCUT2D eigenvalue weighted by atomic mass is 9.98. The quantitative estimate of drug-likeness (QED) is 0.186. The van der Waals surface area contributed by atoms with Crippen molar-refractivity contribution in [3.63, 3.8) is 0 Å². The van der Waals surface area contributed by atoms with Gasteiger partial charge in [-0.2, -0.15) is 0 Å². The standard InChI is InChI=1S/C28H23BrN2O8S/c1-6-9-38-27(34)25-13(2)30-28(40-25)31-21(14-10-18(35-3)23(37-5)19(11-14)36-4)20-22(32)16-12-15(29)7-8-17(16)39-24(20)26(31)33/h6-8,10-12,21H,1,9H2,2-5H3. The average molecular weight is 627 g/mol. The van der Waals surface area contributed by atoms with Crippen LogP contribution in [0.25, 0.3) is 11.0 Å². The molecule has 0 fully saturated rings. The molecule has 10 nitrogen and oxygen atoms in total. The van der Waals surface area contributed by atoms with Gasteiger partial charge in [-0.05, 0) is 42.8 Å². The molecule has 2 aromatic carbocycles. The number of esters is 1. The Balaban J connectivity index is 1.78. The van der Waals surface area contributed by atoms with Crippen molar-refractivity contribution < 1.29 is 33.0 Å². The minimum absolute atomic E-state index is 0.0220. The number of fused-ring (bicyclic) bond motifs is 2. The summed E-state index contributed by atoms with van der Waals surface area (Å²) in [6.45, 7) is 5.22. The van der Waals surface area contributed by atoms with Gasteiger partial charge in [-0.25, -0.2) is 9.78 Å². The van der Waals surface area contributed by atoms with Gasteiger partial charge in [0.1, 0.15) is 17.1 Å². The summed E-state index contributed by atoms with van der Waals surface area (Å²) in [5, 5.41) is 0.479. The van der Waals surface area contributed by atoms with Gasteiger partial charge in [0, 0.05) is 4.47 Å². The number of halogens is 1. The molecule has 4 aromatic rings. The summed E-state index contributed by atoms with van der Waals surface area (Å²) in [6, 6.07) is 7.31. The molecule has 1 aliphatic rings. The van der Waals surface area contributed by atoms with Crippen LogP contribution in [0.4, 0.5) is 5.13 Å². The monoisotopic (exact) mass is 626 g/mol. The summed E-state index contributed by atoms with van der Waals surface area (Å²) in [5.41, 5.74) is 0.844. The van der Waals surface area contributed by atoms with Gasteiger partial charge in [0.2, 0.25) is 11.5 Å². The number of aromatic nitrogens is 1. The molecule has 1 unspecified atom stereocenters. The van der Waals surface area contributed by atoms with E-state index in [0.29, 0.717) is 38.4 Å². The number of anilines is 1. The predicted molar refractivity (Wildman–Crippen MR) is 152 cm³/mol. The van der Waals surface area contributed by atoms with E-state index < -0.39 is 17.9 Å². The number of thiazole rings is 1. The summed E-state index contributed by atoms with van der Waals surface area (Å²) in [4.78, 5) is 46.7. The lowest BCUT2D eigenvalue weighted by Gasteiger charge is -2.24. The van der Waals surface area contributed by atoms with Crippen molar-refractivity contribution in [3.05, 3.63) is 85.1 Å². The zero-order valence-corrected chi connectivity index (χ0v) is 24.3. The van der Waals surface area contributed by atoms with Gasteiger partial charge in [0.05, 0.1) is 44.0 Å². The average Bonchev–Trinajstić information content (AvgIpc) is 3.48. The Kier molecular flexibility index (Phi) is 7.39. The van der Waals surface area contributed by atoms with Crippen LogP contribution in [0.15, 0.2) is 56.7 Å². The molecule has 0 bridgehead atoms. The minimum Gasteiger partial charge on any atom is -0.493 e. The van der Waals surface area contributed by atoms with E-state index in [4.69, 9.17) is 23.4 Å². The van der Waals surface area contributed by atoms with Crippen LogP contribution in [0.1, 0.15) is 43.1 Å². The molecule has 0 N–H and O–H groups in total. The highest BCUT2D eigenvalue weighted by molar-refractivity contribution is 9.10. The lowest BCUT2D eigenvalue weighted by Crippen LogP contribution is -2.29. The molecule has 12 heteroatoms. The summed E-state index contributed by atoms with van der Waals surface area (Å²) in [6.07, 6.45) is 1.45. The van der Waals surface area contributed by atoms with Gasteiger partial charge in [-0.3, -0.25) is 14.5 Å². The molecule has 1 atom stereocenters. The van der Waals surface area contributed by atoms with E-state index in [1.807, 2.05) is 0 Å². The van der Waals surface area contributed by atoms with E-state index in [0.717, 1.165) is 11.3 Å². The molecule has 40 heavy (non-hydrogen) atoms. The van der Waals surface area contributed by atoms with Gasteiger partial charge in [-0.15, -0.1) is 0 Å².